The van der Waals surface area contributed by atoms with Gasteiger partial charge in [0.05, 0.1) is 11.9 Å². The van der Waals surface area contributed by atoms with Crippen molar-refractivity contribution in [2.24, 2.45) is 0 Å². The first kappa shape index (κ1) is 21.6. The SMILES string of the molecule is CCCSc1nnc(NC(=O)[C@@H](CC)N(c2cccc(C)c2)S(C)(=O)=O)s1. The predicted octanol–water partition coefficient (Wildman–Crippen LogP) is 3.53. The first-order valence-electron chi connectivity index (χ1n) is 8.59. The topological polar surface area (TPSA) is 92.3 Å². The Morgan fingerprint density at radius 2 is 2.07 bits per heavy atom. The highest BCUT2D eigenvalue weighted by molar-refractivity contribution is 8.01. The molecule has 0 saturated carbocycles. The van der Waals surface area contributed by atoms with Crippen LogP contribution in [0.5, 0.6) is 0 Å². The highest BCUT2D eigenvalue weighted by Crippen LogP contribution is 2.27. The van der Waals surface area contributed by atoms with Crippen LogP contribution in [0.2, 0.25) is 0 Å². The molecule has 0 unspecified atom stereocenters. The molecule has 10 heteroatoms. The van der Waals surface area contributed by atoms with Crippen molar-refractivity contribution in [1.82, 2.24) is 10.2 Å². The van der Waals surface area contributed by atoms with Crippen LogP contribution in [0.1, 0.15) is 32.3 Å². The second-order valence-electron chi connectivity index (χ2n) is 6.03. The van der Waals surface area contributed by atoms with Gasteiger partial charge in [0.25, 0.3) is 0 Å². The number of hydrogen-bond donors (Lipinski definition) is 1. The van der Waals surface area contributed by atoms with E-state index in [1.807, 2.05) is 13.0 Å². The van der Waals surface area contributed by atoms with Gasteiger partial charge < -0.3 is 0 Å². The molecule has 0 aliphatic carbocycles. The molecule has 1 atom stereocenters. The van der Waals surface area contributed by atoms with E-state index >= 15 is 0 Å². The standard InChI is InChI=1S/C17H24N4O3S3/c1-5-10-25-17-20-19-16(26-17)18-15(22)14(6-2)21(27(4,23)24)13-9-7-8-12(3)11-13/h7-9,11,14H,5-6,10H2,1-4H3,(H,18,19,22)/t14-/m1/s1. The normalized spacial score (nSPS) is 12.6. The van der Waals surface area contributed by atoms with E-state index in [2.05, 4.69) is 22.4 Å². The molecule has 1 aromatic carbocycles. The number of hydrogen-bond acceptors (Lipinski definition) is 7. The van der Waals surface area contributed by atoms with Gasteiger partial charge in [-0.15, -0.1) is 10.2 Å². The van der Waals surface area contributed by atoms with Crippen molar-refractivity contribution in [3.63, 3.8) is 0 Å². The van der Waals surface area contributed by atoms with Gasteiger partial charge >= 0.3 is 0 Å². The minimum atomic E-state index is -3.65. The fraction of sp³-hybridized carbons (Fsp3) is 0.471. The average molecular weight is 429 g/mol. The van der Waals surface area contributed by atoms with Crippen molar-refractivity contribution in [1.29, 1.82) is 0 Å². The van der Waals surface area contributed by atoms with Crippen LogP contribution in [0.15, 0.2) is 28.6 Å². The first-order chi connectivity index (χ1) is 12.8. The zero-order chi connectivity index (χ0) is 20.0. The summed E-state index contributed by atoms with van der Waals surface area (Å²) in [6.45, 7) is 5.73. The van der Waals surface area contributed by atoms with Crippen LogP contribution in [-0.4, -0.2) is 42.6 Å². The lowest BCUT2D eigenvalue weighted by atomic mass is 10.1. The Kier molecular flexibility index (Phi) is 7.63. The lowest BCUT2D eigenvalue weighted by Crippen LogP contribution is -2.47. The molecular formula is C17H24N4O3S3. The Hall–Kier alpha value is -1.65. The third-order valence-corrected chi connectivity index (χ3v) is 7.01. The number of carbonyl (C=O) groups is 1. The summed E-state index contributed by atoms with van der Waals surface area (Å²) in [5.74, 6) is 0.502. The van der Waals surface area contributed by atoms with Gasteiger partial charge in [-0.1, -0.05) is 49.1 Å². The van der Waals surface area contributed by atoms with Crippen LogP contribution in [-0.2, 0) is 14.8 Å². The highest BCUT2D eigenvalue weighted by atomic mass is 32.2. The largest absolute Gasteiger partial charge is 0.299 e. The maximum atomic E-state index is 12.8. The van der Waals surface area contributed by atoms with Crippen LogP contribution < -0.4 is 9.62 Å². The summed E-state index contributed by atoms with van der Waals surface area (Å²) in [7, 11) is -3.65. The molecule has 1 N–H and O–H groups in total. The van der Waals surface area contributed by atoms with Crippen molar-refractivity contribution >= 4 is 49.8 Å². The van der Waals surface area contributed by atoms with Crippen molar-refractivity contribution in [3.05, 3.63) is 29.8 Å². The summed E-state index contributed by atoms with van der Waals surface area (Å²) in [6, 6.07) is 6.21. The number of aromatic nitrogens is 2. The lowest BCUT2D eigenvalue weighted by Gasteiger charge is -2.30. The summed E-state index contributed by atoms with van der Waals surface area (Å²) in [5.41, 5.74) is 1.38. The van der Waals surface area contributed by atoms with E-state index in [1.165, 1.54) is 15.6 Å². The number of amides is 1. The van der Waals surface area contributed by atoms with Gasteiger partial charge in [-0.25, -0.2) is 8.42 Å². The Labute approximate surface area is 168 Å². The second kappa shape index (κ2) is 9.52. The second-order valence-corrected chi connectivity index (χ2v) is 10.2. The maximum Gasteiger partial charge on any atom is 0.250 e. The zero-order valence-corrected chi connectivity index (χ0v) is 18.2. The molecule has 2 aromatic rings. The monoisotopic (exact) mass is 428 g/mol. The highest BCUT2D eigenvalue weighted by Gasteiger charge is 2.32. The van der Waals surface area contributed by atoms with E-state index in [1.54, 1.807) is 36.9 Å². The molecular weight excluding hydrogens is 404 g/mol. The molecule has 2 rings (SSSR count). The van der Waals surface area contributed by atoms with Gasteiger partial charge in [0.1, 0.15) is 6.04 Å². The molecule has 1 heterocycles. The minimum absolute atomic E-state index is 0.323. The van der Waals surface area contributed by atoms with Gasteiger partial charge in [-0.3, -0.25) is 14.4 Å². The summed E-state index contributed by atoms with van der Waals surface area (Å²) >= 11 is 2.87. The third-order valence-electron chi connectivity index (χ3n) is 3.65. The number of sulfonamides is 1. The predicted molar refractivity (Wildman–Crippen MR) is 112 cm³/mol. The Balaban J connectivity index is 2.25. The van der Waals surface area contributed by atoms with Crippen molar-refractivity contribution in [3.8, 4) is 0 Å². The van der Waals surface area contributed by atoms with Crippen molar-refractivity contribution < 1.29 is 13.2 Å². The van der Waals surface area contributed by atoms with E-state index in [-0.39, 0.29) is 0 Å². The Bertz CT molecular complexity index is 883. The van der Waals surface area contributed by atoms with Crippen LogP contribution in [0.25, 0.3) is 0 Å². The fourth-order valence-corrected chi connectivity index (χ4v) is 5.41. The molecule has 0 aliphatic heterocycles. The molecule has 1 aromatic heterocycles. The Morgan fingerprint density at radius 3 is 2.67 bits per heavy atom. The van der Waals surface area contributed by atoms with Crippen LogP contribution in [0.3, 0.4) is 0 Å². The molecule has 0 saturated heterocycles. The number of anilines is 2. The van der Waals surface area contributed by atoms with Gasteiger partial charge in [0.15, 0.2) is 4.34 Å². The smallest absolute Gasteiger partial charge is 0.250 e. The molecule has 1 amide bonds. The molecule has 7 nitrogen and oxygen atoms in total. The summed E-state index contributed by atoms with van der Waals surface area (Å²) in [4.78, 5) is 12.8. The van der Waals surface area contributed by atoms with Gasteiger partial charge in [0, 0.05) is 5.75 Å². The number of nitrogens with zero attached hydrogens (tertiary/aromatic N) is 3. The fourth-order valence-electron chi connectivity index (χ4n) is 2.52. The number of nitrogens with one attached hydrogen (secondary N) is 1. The molecule has 27 heavy (non-hydrogen) atoms. The number of benzene rings is 1. The molecule has 0 fully saturated rings. The number of carbonyl (C=O) groups excluding carboxylic acids is 1. The Morgan fingerprint density at radius 1 is 1.33 bits per heavy atom. The minimum Gasteiger partial charge on any atom is -0.299 e. The number of rotatable bonds is 9. The number of aryl methyl sites for hydroxylation is 1. The van der Waals surface area contributed by atoms with Crippen molar-refractivity contribution in [2.45, 2.75) is 44.0 Å². The van der Waals surface area contributed by atoms with E-state index < -0.39 is 22.0 Å². The van der Waals surface area contributed by atoms with E-state index in [9.17, 15) is 13.2 Å². The molecule has 0 spiro atoms. The van der Waals surface area contributed by atoms with E-state index in [4.69, 9.17) is 0 Å². The number of thioether (sulfide) groups is 1. The summed E-state index contributed by atoms with van der Waals surface area (Å²) in [5, 5.41) is 11.1. The maximum absolute atomic E-state index is 12.8. The summed E-state index contributed by atoms with van der Waals surface area (Å²) < 4.78 is 26.8. The van der Waals surface area contributed by atoms with Crippen LogP contribution >= 0.6 is 23.1 Å². The van der Waals surface area contributed by atoms with E-state index in [0.29, 0.717) is 17.2 Å². The molecule has 0 bridgehead atoms. The molecule has 0 radical (unpaired) electrons. The zero-order valence-electron chi connectivity index (χ0n) is 15.8. The van der Waals surface area contributed by atoms with Crippen molar-refractivity contribution in [2.75, 3.05) is 21.6 Å². The lowest BCUT2D eigenvalue weighted by molar-refractivity contribution is -0.117. The van der Waals surface area contributed by atoms with E-state index in [0.717, 1.165) is 28.3 Å². The summed E-state index contributed by atoms with van der Waals surface area (Å²) in [6.07, 6.45) is 2.45. The molecule has 148 valence electrons. The quantitative estimate of drug-likeness (QED) is 0.485. The molecule has 0 aliphatic rings. The van der Waals surface area contributed by atoms with Crippen LogP contribution in [0.4, 0.5) is 10.8 Å². The first-order valence-corrected chi connectivity index (χ1v) is 12.2. The van der Waals surface area contributed by atoms with Gasteiger partial charge in [-0.05, 0) is 37.5 Å². The van der Waals surface area contributed by atoms with Gasteiger partial charge in [-0.2, -0.15) is 0 Å². The third kappa shape index (κ3) is 5.91. The van der Waals surface area contributed by atoms with Crippen LogP contribution in [0, 0.1) is 6.92 Å². The van der Waals surface area contributed by atoms with Gasteiger partial charge in [0.2, 0.25) is 21.1 Å². The average Bonchev–Trinajstić information content (AvgIpc) is 3.03.